The van der Waals surface area contributed by atoms with E-state index in [1.807, 2.05) is 0 Å². The lowest BCUT2D eigenvalue weighted by atomic mass is 10.0. The molecule has 0 fully saturated rings. The normalized spacial score (nSPS) is 13.5. The van der Waals surface area contributed by atoms with Gasteiger partial charge in [-0.25, -0.2) is 8.78 Å². The lowest BCUT2D eigenvalue weighted by Gasteiger charge is -2.21. The minimum absolute atomic E-state index is 0.0220. The molecule has 1 aromatic carbocycles. The van der Waals surface area contributed by atoms with Crippen LogP contribution in [0.4, 0.5) is 8.78 Å². The van der Waals surface area contributed by atoms with E-state index in [1.54, 1.807) is 0 Å². The molecule has 0 aromatic heterocycles. The minimum atomic E-state index is -1.54. The quantitative estimate of drug-likeness (QED) is 0.707. The SMILES string of the molecule is CC(O)(CNC(=O)CCc1ccc(F)c(F)c1)CC(=O)O. The van der Waals surface area contributed by atoms with E-state index in [4.69, 9.17) is 5.11 Å². The lowest BCUT2D eigenvalue weighted by molar-refractivity contribution is -0.142. The first-order valence-electron chi connectivity index (χ1n) is 6.34. The third-order valence-corrected chi connectivity index (χ3v) is 2.82. The summed E-state index contributed by atoms with van der Waals surface area (Å²) >= 11 is 0. The summed E-state index contributed by atoms with van der Waals surface area (Å²) in [6.07, 6.45) is -0.255. The molecule has 1 atom stereocenters. The molecular weight excluding hydrogens is 284 g/mol. The first kappa shape index (κ1) is 17.0. The van der Waals surface area contributed by atoms with Crippen molar-refractivity contribution >= 4 is 11.9 Å². The molecule has 21 heavy (non-hydrogen) atoms. The highest BCUT2D eigenvalue weighted by Crippen LogP contribution is 2.11. The van der Waals surface area contributed by atoms with Crippen LogP contribution in [0.3, 0.4) is 0 Å². The average molecular weight is 301 g/mol. The standard InChI is InChI=1S/C14H17F2NO4/c1-14(21,7-13(19)20)8-17-12(18)5-3-9-2-4-10(15)11(16)6-9/h2,4,6,21H,3,5,7-8H2,1H3,(H,17,18)(H,19,20). The van der Waals surface area contributed by atoms with E-state index >= 15 is 0 Å². The van der Waals surface area contributed by atoms with E-state index in [2.05, 4.69) is 5.32 Å². The smallest absolute Gasteiger partial charge is 0.306 e. The Bertz CT molecular complexity index is 532. The maximum atomic E-state index is 13.0. The number of hydrogen-bond donors (Lipinski definition) is 3. The summed E-state index contributed by atoms with van der Waals surface area (Å²) in [6, 6.07) is 3.38. The molecule has 1 aromatic rings. The van der Waals surface area contributed by atoms with Crippen molar-refractivity contribution in [1.82, 2.24) is 5.32 Å². The van der Waals surface area contributed by atoms with Crippen LogP contribution in [0, 0.1) is 11.6 Å². The second-order valence-corrected chi connectivity index (χ2v) is 5.09. The molecule has 0 heterocycles. The van der Waals surface area contributed by atoms with Gasteiger partial charge < -0.3 is 15.5 Å². The van der Waals surface area contributed by atoms with Crippen molar-refractivity contribution in [2.24, 2.45) is 0 Å². The van der Waals surface area contributed by atoms with Gasteiger partial charge in [0.15, 0.2) is 11.6 Å². The molecule has 1 rings (SSSR count). The van der Waals surface area contributed by atoms with Crippen LogP contribution in [-0.2, 0) is 16.0 Å². The molecule has 1 unspecified atom stereocenters. The molecule has 0 aliphatic carbocycles. The Labute approximate surface area is 120 Å². The summed E-state index contributed by atoms with van der Waals surface area (Å²) < 4.78 is 25.7. The second kappa shape index (κ2) is 7.12. The molecule has 1 amide bonds. The van der Waals surface area contributed by atoms with Crippen LogP contribution in [0.25, 0.3) is 0 Å². The Morgan fingerprint density at radius 1 is 1.29 bits per heavy atom. The van der Waals surface area contributed by atoms with E-state index in [0.717, 1.165) is 12.1 Å². The molecule has 5 nitrogen and oxygen atoms in total. The fourth-order valence-corrected chi connectivity index (χ4v) is 1.72. The maximum Gasteiger partial charge on any atom is 0.306 e. The van der Waals surface area contributed by atoms with E-state index in [9.17, 15) is 23.5 Å². The second-order valence-electron chi connectivity index (χ2n) is 5.09. The zero-order chi connectivity index (χ0) is 16.0. The Hall–Kier alpha value is -2.02. The average Bonchev–Trinajstić information content (AvgIpc) is 2.36. The maximum absolute atomic E-state index is 13.0. The molecule has 0 spiro atoms. The molecule has 0 aliphatic heterocycles. The largest absolute Gasteiger partial charge is 0.481 e. The number of aryl methyl sites for hydroxylation is 1. The van der Waals surface area contributed by atoms with Crippen molar-refractivity contribution in [2.75, 3.05) is 6.54 Å². The highest BCUT2D eigenvalue weighted by molar-refractivity contribution is 5.76. The Morgan fingerprint density at radius 2 is 1.95 bits per heavy atom. The number of carboxylic acids is 1. The first-order chi connectivity index (χ1) is 9.69. The van der Waals surface area contributed by atoms with Gasteiger partial charge in [0.1, 0.15) is 0 Å². The van der Waals surface area contributed by atoms with Crippen molar-refractivity contribution < 1.29 is 28.6 Å². The van der Waals surface area contributed by atoms with E-state index in [1.165, 1.54) is 13.0 Å². The fourth-order valence-electron chi connectivity index (χ4n) is 1.72. The van der Waals surface area contributed by atoms with Gasteiger partial charge in [0, 0.05) is 13.0 Å². The third-order valence-electron chi connectivity index (χ3n) is 2.82. The summed E-state index contributed by atoms with van der Waals surface area (Å²) in [5.74, 6) is -3.51. The lowest BCUT2D eigenvalue weighted by Crippen LogP contribution is -2.42. The molecule has 116 valence electrons. The van der Waals surface area contributed by atoms with Gasteiger partial charge in [-0.2, -0.15) is 0 Å². The first-order valence-corrected chi connectivity index (χ1v) is 6.34. The summed E-state index contributed by atoms with van der Waals surface area (Å²) in [6.45, 7) is 1.10. The Morgan fingerprint density at radius 3 is 2.52 bits per heavy atom. The van der Waals surface area contributed by atoms with E-state index < -0.39 is 35.5 Å². The number of hydrogen-bond acceptors (Lipinski definition) is 3. The number of carbonyl (C=O) groups is 2. The van der Waals surface area contributed by atoms with Crippen LogP contribution in [0.15, 0.2) is 18.2 Å². The van der Waals surface area contributed by atoms with Gasteiger partial charge in [-0.1, -0.05) is 6.07 Å². The minimum Gasteiger partial charge on any atom is -0.481 e. The number of aliphatic carboxylic acids is 1. The Balaban J connectivity index is 2.40. The van der Waals surface area contributed by atoms with Gasteiger partial charge in [0.05, 0.1) is 12.0 Å². The zero-order valence-electron chi connectivity index (χ0n) is 11.5. The van der Waals surface area contributed by atoms with Crippen molar-refractivity contribution in [3.63, 3.8) is 0 Å². The van der Waals surface area contributed by atoms with Crippen molar-refractivity contribution in [1.29, 1.82) is 0 Å². The summed E-state index contributed by atoms with van der Waals surface area (Å²) in [7, 11) is 0. The molecule has 0 saturated heterocycles. The van der Waals surface area contributed by atoms with Gasteiger partial charge in [-0.05, 0) is 31.0 Å². The zero-order valence-corrected chi connectivity index (χ0v) is 11.5. The van der Waals surface area contributed by atoms with Crippen LogP contribution in [0.5, 0.6) is 0 Å². The number of nitrogens with one attached hydrogen (secondary N) is 1. The van der Waals surface area contributed by atoms with Gasteiger partial charge in [-0.15, -0.1) is 0 Å². The van der Waals surface area contributed by atoms with Crippen LogP contribution >= 0.6 is 0 Å². The monoisotopic (exact) mass is 301 g/mol. The van der Waals surface area contributed by atoms with E-state index in [-0.39, 0.29) is 19.4 Å². The molecule has 0 radical (unpaired) electrons. The summed E-state index contributed by atoms with van der Waals surface area (Å²) in [5.41, 5.74) is -1.06. The third kappa shape index (κ3) is 6.31. The van der Waals surface area contributed by atoms with Gasteiger partial charge in [0.25, 0.3) is 0 Å². The molecule has 0 aliphatic rings. The Kier molecular flexibility index (Phi) is 5.78. The van der Waals surface area contributed by atoms with Crippen LogP contribution in [0.1, 0.15) is 25.3 Å². The fraction of sp³-hybridized carbons (Fsp3) is 0.429. The molecule has 7 heteroatoms. The predicted octanol–water partition coefficient (Wildman–Crippen LogP) is 1.24. The molecule has 0 saturated carbocycles. The highest BCUT2D eigenvalue weighted by atomic mass is 19.2. The number of aliphatic hydroxyl groups is 1. The topological polar surface area (TPSA) is 86.6 Å². The molecule has 3 N–H and O–H groups in total. The predicted molar refractivity (Wildman–Crippen MR) is 70.6 cm³/mol. The van der Waals surface area contributed by atoms with Gasteiger partial charge in [0.2, 0.25) is 5.91 Å². The number of rotatable bonds is 7. The summed E-state index contributed by atoms with van der Waals surface area (Å²) in [5, 5.41) is 20.7. The van der Waals surface area contributed by atoms with E-state index in [0.29, 0.717) is 5.56 Å². The number of halogens is 2. The van der Waals surface area contributed by atoms with Crippen molar-refractivity contribution in [3.05, 3.63) is 35.4 Å². The van der Waals surface area contributed by atoms with Crippen LogP contribution in [0.2, 0.25) is 0 Å². The number of benzene rings is 1. The highest BCUT2D eigenvalue weighted by Gasteiger charge is 2.24. The van der Waals surface area contributed by atoms with Crippen molar-refractivity contribution in [3.8, 4) is 0 Å². The van der Waals surface area contributed by atoms with Gasteiger partial charge in [-0.3, -0.25) is 9.59 Å². The van der Waals surface area contributed by atoms with Crippen LogP contribution < -0.4 is 5.32 Å². The summed E-state index contributed by atoms with van der Waals surface area (Å²) in [4.78, 5) is 22.1. The molecule has 0 bridgehead atoms. The number of carboxylic acid groups (broad SMARTS) is 1. The number of amides is 1. The van der Waals surface area contributed by atoms with Crippen LogP contribution in [-0.4, -0.2) is 34.2 Å². The van der Waals surface area contributed by atoms with Gasteiger partial charge >= 0.3 is 5.97 Å². The number of carbonyl (C=O) groups excluding carboxylic acids is 1. The van der Waals surface area contributed by atoms with Crippen molar-refractivity contribution in [2.45, 2.75) is 31.8 Å². The molecular formula is C14H17F2NO4.